The molecule has 18 heavy (non-hydrogen) atoms. The smallest absolute Gasteiger partial charge is 0.404 e. The van der Waals surface area contributed by atoms with Gasteiger partial charge < -0.3 is 25.1 Å². The van der Waals surface area contributed by atoms with Crippen molar-refractivity contribution in [3.05, 3.63) is 24.3 Å². The summed E-state index contributed by atoms with van der Waals surface area (Å²) < 4.78 is 15.0. The summed E-state index contributed by atoms with van der Waals surface area (Å²) in [6, 6.07) is 6.97. The van der Waals surface area contributed by atoms with Gasteiger partial charge in [-0.1, -0.05) is 12.1 Å². The van der Waals surface area contributed by atoms with E-state index in [0.29, 0.717) is 11.5 Å². The maximum absolute atomic E-state index is 10.4. The number of hydrogen-bond donors (Lipinski definition) is 2. The molecule has 7 heteroatoms. The fourth-order valence-corrected chi connectivity index (χ4v) is 1.51. The zero-order chi connectivity index (χ0) is 13.5. The predicted molar refractivity (Wildman–Crippen MR) is 67.9 cm³/mol. The molecule has 3 N–H and O–H groups in total. The first-order valence-electron chi connectivity index (χ1n) is 5.08. The molecule has 6 nitrogen and oxygen atoms in total. The standard InChI is InChI=1S/C11H14BrNO5/c1-16-8-4-2-3-5-9(8)18-10(12)7(14)6-17-11(13)15/h2-5,7,10,14H,6H2,1H3,(H2,13,15). The fourth-order valence-electron chi connectivity index (χ4n) is 1.16. The molecular weight excluding hydrogens is 306 g/mol. The minimum atomic E-state index is -1.05. The zero-order valence-electron chi connectivity index (χ0n) is 9.71. The maximum Gasteiger partial charge on any atom is 0.404 e. The molecule has 0 aliphatic rings. The number of hydrogen-bond acceptors (Lipinski definition) is 5. The summed E-state index contributed by atoms with van der Waals surface area (Å²) in [7, 11) is 1.51. The highest BCUT2D eigenvalue weighted by atomic mass is 79.9. The van der Waals surface area contributed by atoms with Crippen molar-refractivity contribution in [1.29, 1.82) is 0 Å². The van der Waals surface area contributed by atoms with Crippen molar-refractivity contribution in [2.24, 2.45) is 5.73 Å². The average Bonchev–Trinajstić information content (AvgIpc) is 2.36. The third-order valence-electron chi connectivity index (χ3n) is 2.01. The summed E-state index contributed by atoms with van der Waals surface area (Å²) in [6.45, 7) is -0.263. The van der Waals surface area contributed by atoms with Gasteiger partial charge in [0.25, 0.3) is 0 Å². The van der Waals surface area contributed by atoms with Crippen molar-refractivity contribution in [3.8, 4) is 11.5 Å². The monoisotopic (exact) mass is 319 g/mol. The van der Waals surface area contributed by atoms with E-state index < -0.39 is 17.2 Å². The molecule has 1 aromatic carbocycles. The second kappa shape index (κ2) is 7.07. The van der Waals surface area contributed by atoms with Crippen molar-refractivity contribution < 1.29 is 24.1 Å². The lowest BCUT2D eigenvalue weighted by atomic mass is 10.3. The molecule has 0 aliphatic heterocycles. The number of benzene rings is 1. The number of methoxy groups -OCH3 is 1. The van der Waals surface area contributed by atoms with Crippen molar-refractivity contribution in [3.63, 3.8) is 0 Å². The summed E-state index contributed by atoms with van der Waals surface area (Å²) in [5, 5.41) is 8.89. The van der Waals surface area contributed by atoms with Crippen LogP contribution >= 0.6 is 15.9 Å². The van der Waals surface area contributed by atoms with E-state index in [1.54, 1.807) is 24.3 Å². The van der Waals surface area contributed by atoms with E-state index in [1.807, 2.05) is 0 Å². The lowest BCUT2D eigenvalue weighted by Crippen LogP contribution is -2.32. The maximum atomic E-state index is 10.4. The van der Waals surface area contributed by atoms with Crippen molar-refractivity contribution in [2.75, 3.05) is 13.7 Å². The van der Waals surface area contributed by atoms with E-state index in [2.05, 4.69) is 20.7 Å². The Kier molecular flexibility index (Phi) is 5.73. The average molecular weight is 320 g/mol. The molecule has 0 spiro atoms. The van der Waals surface area contributed by atoms with Crippen LogP contribution in [0.1, 0.15) is 0 Å². The molecule has 0 heterocycles. The van der Waals surface area contributed by atoms with Crippen molar-refractivity contribution >= 4 is 22.0 Å². The van der Waals surface area contributed by atoms with Crippen LogP contribution in [0.3, 0.4) is 0 Å². The quantitative estimate of drug-likeness (QED) is 0.770. The third kappa shape index (κ3) is 4.42. The minimum absolute atomic E-state index is 0.263. The number of halogens is 1. The second-order valence-corrected chi connectivity index (χ2v) is 4.22. The molecule has 1 aromatic rings. The number of ether oxygens (including phenoxy) is 3. The largest absolute Gasteiger partial charge is 0.493 e. The van der Waals surface area contributed by atoms with Gasteiger partial charge in [0.05, 0.1) is 7.11 Å². The van der Waals surface area contributed by atoms with Crippen LogP contribution in [-0.4, -0.2) is 36.0 Å². The van der Waals surface area contributed by atoms with Crippen molar-refractivity contribution in [1.82, 2.24) is 0 Å². The first kappa shape index (κ1) is 14.6. The van der Waals surface area contributed by atoms with E-state index in [9.17, 15) is 9.90 Å². The van der Waals surface area contributed by atoms with Crippen molar-refractivity contribution in [2.45, 2.75) is 11.1 Å². The third-order valence-corrected chi connectivity index (χ3v) is 2.80. The Morgan fingerprint density at radius 2 is 2.06 bits per heavy atom. The number of primary amides is 1. The SMILES string of the molecule is COc1ccccc1OC(Br)C(O)COC(N)=O. The molecule has 0 aliphatic carbocycles. The molecule has 1 rings (SSSR count). The Bertz CT molecular complexity index is 401. The van der Waals surface area contributed by atoms with Crippen LogP contribution in [0.2, 0.25) is 0 Å². The van der Waals surface area contributed by atoms with Crippen LogP contribution in [0, 0.1) is 0 Å². The van der Waals surface area contributed by atoms with E-state index in [0.717, 1.165) is 0 Å². The highest BCUT2D eigenvalue weighted by molar-refractivity contribution is 9.09. The van der Waals surface area contributed by atoms with Gasteiger partial charge in [-0.15, -0.1) is 0 Å². The highest BCUT2D eigenvalue weighted by Gasteiger charge is 2.20. The Labute approximate surface area is 113 Å². The summed E-state index contributed by atoms with van der Waals surface area (Å²) in [5.41, 5.74) is 4.79. The lowest BCUT2D eigenvalue weighted by molar-refractivity contribution is 0.0308. The summed E-state index contributed by atoms with van der Waals surface area (Å²) in [6.07, 6.45) is -2.01. The number of carbonyl (C=O) groups excluding carboxylic acids is 1. The van der Waals surface area contributed by atoms with E-state index in [4.69, 9.17) is 15.2 Å². The van der Waals surface area contributed by atoms with Gasteiger partial charge in [0.15, 0.2) is 16.5 Å². The first-order chi connectivity index (χ1) is 8.54. The topological polar surface area (TPSA) is 91.0 Å². The van der Waals surface area contributed by atoms with Crippen LogP contribution in [0.5, 0.6) is 11.5 Å². The van der Waals surface area contributed by atoms with Crippen LogP contribution in [0.25, 0.3) is 0 Å². The number of para-hydroxylation sites is 2. The van der Waals surface area contributed by atoms with Gasteiger partial charge in [-0.3, -0.25) is 0 Å². The first-order valence-corrected chi connectivity index (χ1v) is 6.00. The number of aliphatic hydroxyl groups is 1. The second-order valence-electron chi connectivity index (χ2n) is 3.32. The molecule has 1 amide bonds. The molecule has 0 bridgehead atoms. The Morgan fingerprint density at radius 3 is 2.61 bits per heavy atom. The van der Waals surface area contributed by atoms with Crippen LogP contribution in [0.4, 0.5) is 4.79 Å². The Balaban J connectivity index is 2.57. The van der Waals surface area contributed by atoms with Gasteiger partial charge >= 0.3 is 6.09 Å². The highest BCUT2D eigenvalue weighted by Crippen LogP contribution is 2.28. The van der Waals surface area contributed by atoms with Gasteiger partial charge in [0.2, 0.25) is 0 Å². The summed E-state index contributed by atoms with van der Waals surface area (Å²) >= 11 is 3.13. The molecule has 2 atom stereocenters. The van der Waals surface area contributed by atoms with Crippen LogP contribution < -0.4 is 15.2 Å². The van der Waals surface area contributed by atoms with Crippen LogP contribution in [-0.2, 0) is 4.74 Å². The lowest BCUT2D eigenvalue weighted by Gasteiger charge is -2.19. The number of rotatable bonds is 6. The van der Waals surface area contributed by atoms with Gasteiger partial charge in [-0.25, -0.2) is 4.79 Å². The number of alkyl halides is 1. The van der Waals surface area contributed by atoms with Gasteiger partial charge in [-0.2, -0.15) is 0 Å². The number of carbonyl (C=O) groups is 1. The Hall–Kier alpha value is -1.47. The Morgan fingerprint density at radius 1 is 1.44 bits per heavy atom. The number of aliphatic hydroxyl groups excluding tert-OH is 1. The van der Waals surface area contributed by atoms with E-state index >= 15 is 0 Å². The predicted octanol–water partition coefficient (Wildman–Crippen LogP) is 1.25. The summed E-state index contributed by atoms with van der Waals surface area (Å²) in [5.74, 6) is 0.991. The van der Waals surface area contributed by atoms with Gasteiger partial charge in [0.1, 0.15) is 12.7 Å². The molecule has 100 valence electrons. The molecule has 0 aromatic heterocycles. The molecule has 0 saturated heterocycles. The number of amides is 1. The molecule has 0 fully saturated rings. The zero-order valence-corrected chi connectivity index (χ0v) is 11.3. The number of nitrogens with two attached hydrogens (primary N) is 1. The molecule has 0 radical (unpaired) electrons. The van der Waals surface area contributed by atoms with E-state index in [1.165, 1.54) is 7.11 Å². The van der Waals surface area contributed by atoms with Gasteiger partial charge in [0, 0.05) is 0 Å². The van der Waals surface area contributed by atoms with E-state index in [-0.39, 0.29) is 6.61 Å². The normalized spacial score (nSPS) is 13.5. The summed E-state index contributed by atoms with van der Waals surface area (Å²) in [4.78, 5) is 10.4. The van der Waals surface area contributed by atoms with Crippen LogP contribution in [0.15, 0.2) is 24.3 Å². The molecule has 0 saturated carbocycles. The molecular formula is C11H14BrNO5. The molecule has 2 unspecified atom stereocenters. The minimum Gasteiger partial charge on any atom is -0.493 e. The van der Waals surface area contributed by atoms with Gasteiger partial charge in [-0.05, 0) is 28.1 Å². The fraction of sp³-hybridized carbons (Fsp3) is 0.364.